The SMILES string of the molecule is C[C@H]1Oc2cc(cnc2N)-c2c(c(C(N)=O)nn2C2CCC2)Cc2cn(C)nc2-c2ccc(F)cc21. The number of nitrogen functional groups attached to an aromatic ring is 1. The Hall–Kier alpha value is -4.21. The number of pyridine rings is 1. The summed E-state index contributed by atoms with van der Waals surface area (Å²) in [7, 11) is 1.83. The van der Waals surface area contributed by atoms with Gasteiger partial charge in [0.1, 0.15) is 11.9 Å². The maximum atomic E-state index is 14.4. The number of carbonyl (C=O) groups is 1. The van der Waals surface area contributed by atoms with E-state index in [4.69, 9.17) is 26.4 Å². The summed E-state index contributed by atoms with van der Waals surface area (Å²) in [6.45, 7) is 1.84. The number of hydrogen-bond donors (Lipinski definition) is 2. The van der Waals surface area contributed by atoms with Crippen molar-refractivity contribution < 1.29 is 13.9 Å². The van der Waals surface area contributed by atoms with Crippen molar-refractivity contribution in [1.29, 1.82) is 0 Å². The number of halogens is 1. The van der Waals surface area contributed by atoms with Crippen LogP contribution < -0.4 is 16.2 Å². The Bertz CT molecular complexity index is 1520. The molecule has 9 nitrogen and oxygen atoms in total. The molecule has 1 aliphatic heterocycles. The molecule has 10 heteroatoms. The number of aromatic nitrogens is 5. The molecule has 1 amide bonds. The van der Waals surface area contributed by atoms with E-state index in [-0.39, 0.29) is 23.4 Å². The summed E-state index contributed by atoms with van der Waals surface area (Å²) in [6.07, 6.45) is 6.41. The molecule has 184 valence electrons. The fraction of sp³-hybridized carbons (Fsp3) is 0.308. The van der Waals surface area contributed by atoms with E-state index in [2.05, 4.69) is 4.98 Å². The van der Waals surface area contributed by atoms with Crippen LogP contribution in [0, 0.1) is 5.82 Å². The first-order chi connectivity index (χ1) is 17.3. The Kier molecular flexibility index (Phi) is 5.06. The molecule has 3 aromatic heterocycles. The minimum absolute atomic E-state index is 0.165. The highest BCUT2D eigenvalue weighted by Gasteiger charge is 2.32. The minimum Gasteiger partial charge on any atom is -0.482 e. The van der Waals surface area contributed by atoms with Crippen LogP contribution in [0.5, 0.6) is 5.75 Å². The monoisotopic (exact) mass is 487 g/mol. The van der Waals surface area contributed by atoms with Crippen LogP contribution in [0.1, 0.15) is 65.5 Å². The van der Waals surface area contributed by atoms with E-state index in [0.717, 1.165) is 41.6 Å². The van der Waals surface area contributed by atoms with Gasteiger partial charge in [-0.05, 0) is 50.5 Å². The zero-order chi connectivity index (χ0) is 25.1. The molecule has 0 saturated heterocycles. The Morgan fingerprint density at radius 1 is 1.22 bits per heavy atom. The predicted molar refractivity (Wildman–Crippen MR) is 132 cm³/mol. The number of nitrogens with two attached hydrogens (primary N) is 2. The van der Waals surface area contributed by atoms with Gasteiger partial charge in [-0.25, -0.2) is 9.37 Å². The van der Waals surface area contributed by atoms with Gasteiger partial charge >= 0.3 is 0 Å². The lowest BCUT2D eigenvalue weighted by Gasteiger charge is -2.28. The van der Waals surface area contributed by atoms with Crippen LogP contribution >= 0.6 is 0 Å². The summed E-state index contributed by atoms with van der Waals surface area (Å²) < 4.78 is 24.3. The molecule has 1 saturated carbocycles. The number of amides is 1. The maximum Gasteiger partial charge on any atom is 0.269 e. The van der Waals surface area contributed by atoms with Crippen LogP contribution in [0.2, 0.25) is 0 Å². The molecule has 1 aliphatic carbocycles. The highest BCUT2D eigenvalue weighted by atomic mass is 19.1. The van der Waals surface area contributed by atoms with Crippen molar-refractivity contribution >= 4 is 11.7 Å². The molecular formula is C26H26FN7O2. The van der Waals surface area contributed by atoms with E-state index in [9.17, 15) is 9.18 Å². The first-order valence-electron chi connectivity index (χ1n) is 12.0. The summed E-state index contributed by atoms with van der Waals surface area (Å²) in [5, 5.41) is 9.40. The number of anilines is 1. The lowest BCUT2D eigenvalue weighted by atomic mass is 9.91. The number of rotatable bonds is 2. The van der Waals surface area contributed by atoms with Gasteiger partial charge in [0.15, 0.2) is 17.3 Å². The molecule has 4 heterocycles. The van der Waals surface area contributed by atoms with Gasteiger partial charge in [-0.15, -0.1) is 0 Å². The van der Waals surface area contributed by atoms with Crippen molar-refractivity contribution in [3.05, 3.63) is 64.9 Å². The van der Waals surface area contributed by atoms with Crippen LogP contribution in [0.3, 0.4) is 0 Å². The predicted octanol–water partition coefficient (Wildman–Crippen LogP) is 3.94. The quantitative estimate of drug-likeness (QED) is 0.441. The minimum atomic E-state index is -0.599. The van der Waals surface area contributed by atoms with E-state index in [1.165, 1.54) is 12.1 Å². The third-order valence-electron chi connectivity index (χ3n) is 7.10. The molecule has 2 aliphatic rings. The van der Waals surface area contributed by atoms with Gasteiger partial charge in [-0.2, -0.15) is 10.2 Å². The lowest BCUT2D eigenvalue weighted by Crippen LogP contribution is -2.20. The molecule has 2 bridgehead atoms. The summed E-state index contributed by atoms with van der Waals surface area (Å²) in [5.74, 6) is -0.401. The average molecular weight is 488 g/mol. The molecule has 1 atom stereocenters. The number of primary amides is 1. The van der Waals surface area contributed by atoms with E-state index >= 15 is 0 Å². The van der Waals surface area contributed by atoms with Crippen LogP contribution in [-0.2, 0) is 13.5 Å². The highest BCUT2D eigenvalue weighted by molar-refractivity contribution is 5.94. The van der Waals surface area contributed by atoms with Gasteiger partial charge in [0.25, 0.3) is 5.91 Å². The van der Waals surface area contributed by atoms with Crippen molar-refractivity contribution in [2.75, 3.05) is 5.73 Å². The van der Waals surface area contributed by atoms with E-state index in [0.29, 0.717) is 29.0 Å². The summed E-state index contributed by atoms with van der Waals surface area (Å²) in [4.78, 5) is 17.0. The van der Waals surface area contributed by atoms with Gasteiger partial charge in [0.05, 0.1) is 17.4 Å². The second kappa shape index (κ2) is 8.18. The van der Waals surface area contributed by atoms with Gasteiger partial charge in [-0.1, -0.05) is 0 Å². The fourth-order valence-electron chi connectivity index (χ4n) is 5.14. The molecule has 0 radical (unpaired) electrons. The van der Waals surface area contributed by atoms with Gasteiger partial charge in [0, 0.05) is 53.7 Å². The molecule has 1 aromatic carbocycles. The van der Waals surface area contributed by atoms with Crippen LogP contribution in [-0.4, -0.2) is 30.5 Å². The topological polar surface area (TPSA) is 127 Å². The molecule has 0 spiro atoms. The molecule has 4 N–H and O–H groups in total. The van der Waals surface area contributed by atoms with Crippen molar-refractivity contribution in [1.82, 2.24) is 24.5 Å². The number of carbonyl (C=O) groups excluding carboxylic acids is 1. The fourth-order valence-corrected chi connectivity index (χ4v) is 5.14. The normalized spacial score (nSPS) is 17.0. The molecule has 36 heavy (non-hydrogen) atoms. The van der Waals surface area contributed by atoms with E-state index < -0.39 is 12.0 Å². The van der Waals surface area contributed by atoms with Crippen LogP contribution in [0.4, 0.5) is 10.2 Å². The van der Waals surface area contributed by atoms with Crippen LogP contribution in [0.25, 0.3) is 22.5 Å². The molecule has 4 aromatic rings. The number of nitrogens with zero attached hydrogens (tertiary/aromatic N) is 5. The summed E-state index contributed by atoms with van der Waals surface area (Å²) in [6, 6.07) is 6.53. The standard InChI is InChI=1S/C26H26FN7O2/c1-13-19-10-16(27)6-7-18(19)22-15(12-33(2)31-22)8-20-23(26(29)35)32-34(17-4-3-5-17)24(20)14-9-21(36-13)25(28)30-11-14/h6-7,9-13,17H,3-5,8H2,1-2H3,(H2,28,30)(H2,29,35)/t13-/m1/s1. The van der Waals surface area contributed by atoms with Gasteiger partial charge in [0.2, 0.25) is 0 Å². The number of fused-ring (bicyclic) bond motifs is 7. The Morgan fingerprint density at radius 2 is 2.03 bits per heavy atom. The largest absolute Gasteiger partial charge is 0.482 e. The van der Waals surface area contributed by atoms with Crippen molar-refractivity contribution in [2.45, 2.75) is 44.8 Å². The van der Waals surface area contributed by atoms with Crippen molar-refractivity contribution in [2.24, 2.45) is 12.8 Å². The second-order valence-corrected chi connectivity index (χ2v) is 9.52. The first-order valence-corrected chi connectivity index (χ1v) is 12.0. The third-order valence-corrected chi connectivity index (χ3v) is 7.10. The molecular weight excluding hydrogens is 461 g/mol. The molecule has 6 rings (SSSR count). The zero-order valence-electron chi connectivity index (χ0n) is 20.0. The number of hydrogen-bond acceptors (Lipinski definition) is 6. The van der Waals surface area contributed by atoms with Gasteiger partial charge < -0.3 is 16.2 Å². The summed E-state index contributed by atoms with van der Waals surface area (Å²) >= 11 is 0. The Morgan fingerprint density at radius 3 is 2.75 bits per heavy atom. The van der Waals surface area contributed by atoms with Crippen LogP contribution in [0.15, 0.2) is 36.7 Å². The lowest BCUT2D eigenvalue weighted by molar-refractivity contribution is 0.0993. The van der Waals surface area contributed by atoms with E-state index in [1.54, 1.807) is 16.9 Å². The number of aryl methyl sites for hydroxylation is 1. The van der Waals surface area contributed by atoms with Gasteiger partial charge in [-0.3, -0.25) is 14.2 Å². The number of benzene rings is 1. The maximum absolute atomic E-state index is 14.4. The Labute approximate surface area is 206 Å². The molecule has 1 fully saturated rings. The smallest absolute Gasteiger partial charge is 0.269 e. The van der Waals surface area contributed by atoms with Crippen molar-refractivity contribution in [3.63, 3.8) is 0 Å². The number of ether oxygens (including phenoxy) is 1. The zero-order valence-corrected chi connectivity index (χ0v) is 20.0. The third kappa shape index (κ3) is 3.52. The Balaban J connectivity index is 1.67. The average Bonchev–Trinajstić information content (AvgIpc) is 3.34. The molecule has 0 unspecified atom stereocenters. The van der Waals surface area contributed by atoms with Crippen molar-refractivity contribution in [3.8, 4) is 28.3 Å². The summed E-state index contributed by atoms with van der Waals surface area (Å²) in [5.41, 5.74) is 17.3. The van der Waals surface area contributed by atoms with E-state index in [1.807, 2.05) is 30.9 Å². The highest BCUT2D eigenvalue weighted by Crippen LogP contribution is 2.42. The first kappa shape index (κ1) is 22.3. The second-order valence-electron chi connectivity index (χ2n) is 9.52.